The van der Waals surface area contributed by atoms with Gasteiger partial charge in [-0.3, -0.25) is 9.78 Å². The number of imidazole rings is 1. The van der Waals surface area contributed by atoms with E-state index in [9.17, 15) is 18.0 Å². The molecule has 1 atom stereocenters. The molecule has 2 N–H and O–H groups in total. The molecule has 3 aromatic carbocycles. The van der Waals surface area contributed by atoms with Crippen LogP contribution in [0.3, 0.4) is 0 Å². The number of nitrogens with one attached hydrogen (secondary N) is 2. The summed E-state index contributed by atoms with van der Waals surface area (Å²) in [6.45, 7) is 1.88. The minimum atomic E-state index is -4.42. The predicted molar refractivity (Wildman–Crippen MR) is 125 cm³/mol. The highest BCUT2D eigenvalue weighted by Crippen LogP contribution is 2.33. The van der Waals surface area contributed by atoms with Crippen LogP contribution in [-0.4, -0.2) is 20.9 Å². The van der Waals surface area contributed by atoms with E-state index in [0.717, 1.165) is 28.7 Å². The molecule has 5 aromatic rings. The summed E-state index contributed by atoms with van der Waals surface area (Å²) >= 11 is 0. The first-order valence-corrected chi connectivity index (χ1v) is 10.8. The van der Waals surface area contributed by atoms with Gasteiger partial charge >= 0.3 is 6.18 Å². The average Bonchev–Trinajstić information content (AvgIpc) is 3.33. The highest BCUT2D eigenvalue weighted by atomic mass is 19.4. The summed E-state index contributed by atoms with van der Waals surface area (Å²) in [7, 11) is 0. The maximum atomic E-state index is 12.9. The van der Waals surface area contributed by atoms with Crippen LogP contribution in [0.1, 0.15) is 34.5 Å². The number of nitrogens with zero attached hydrogens (tertiary/aromatic N) is 2. The topological polar surface area (TPSA) is 79.9 Å². The van der Waals surface area contributed by atoms with Crippen LogP contribution in [0.15, 0.2) is 79.3 Å². The van der Waals surface area contributed by atoms with Crippen molar-refractivity contribution in [3.8, 4) is 11.5 Å². The largest absolute Gasteiger partial charge is 0.455 e. The Balaban J connectivity index is 1.36. The van der Waals surface area contributed by atoms with Crippen LogP contribution in [0, 0.1) is 0 Å². The molecule has 0 fully saturated rings. The third-order valence-electron chi connectivity index (χ3n) is 5.64. The Morgan fingerprint density at radius 3 is 2.54 bits per heavy atom. The Labute approximate surface area is 197 Å². The third kappa shape index (κ3) is 4.52. The monoisotopic (exact) mass is 476 g/mol. The van der Waals surface area contributed by atoms with E-state index in [0.29, 0.717) is 22.2 Å². The molecule has 6 nitrogen and oxygen atoms in total. The average molecular weight is 476 g/mol. The van der Waals surface area contributed by atoms with E-state index in [4.69, 9.17) is 4.74 Å². The molecule has 2 heterocycles. The number of benzene rings is 3. The lowest BCUT2D eigenvalue weighted by Gasteiger charge is -2.15. The van der Waals surface area contributed by atoms with Gasteiger partial charge < -0.3 is 15.0 Å². The summed E-state index contributed by atoms with van der Waals surface area (Å²) in [5, 5.41) is 3.63. The molecule has 35 heavy (non-hydrogen) atoms. The van der Waals surface area contributed by atoms with Crippen molar-refractivity contribution in [2.75, 3.05) is 0 Å². The maximum Gasteiger partial charge on any atom is 0.416 e. The van der Waals surface area contributed by atoms with Gasteiger partial charge in [-0.2, -0.15) is 13.2 Å². The van der Waals surface area contributed by atoms with Gasteiger partial charge in [0, 0.05) is 17.1 Å². The van der Waals surface area contributed by atoms with Crippen molar-refractivity contribution in [3.05, 3.63) is 95.9 Å². The number of fused-ring (bicyclic) bond motifs is 2. The number of pyridine rings is 1. The Morgan fingerprint density at radius 2 is 1.77 bits per heavy atom. The number of halogens is 3. The second-order valence-corrected chi connectivity index (χ2v) is 8.02. The zero-order chi connectivity index (χ0) is 24.6. The predicted octanol–water partition coefficient (Wildman–Crippen LogP) is 6.41. The Bertz CT molecular complexity index is 1530. The smallest absolute Gasteiger partial charge is 0.416 e. The van der Waals surface area contributed by atoms with E-state index in [1.807, 2.05) is 25.1 Å². The quantitative estimate of drug-likeness (QED) is 0.307. The van der Waals surface area contributed by atoms with Crippen molar-refractivity contribution in [2.24, 2.45) is 0 Å². The lowest BCUT2D eigenvalue weighted by Crippen LogP contribution is -2.26. The molecule has 0 aliphatic rings. The Kier molecular flexibility index (Phi) is 5.60. The molecular weight excluding hydrogens is 457 g/mol. The van der Waals surface area contributed by atoms with Crippen molar-refractivity contribution in [3.63, 3.8) is 0 Å². The fourth-order valence-electron chi connectivity index (χ4n) is 3.87. The van der Waals surface area contributed by atoms with Crippen molar-refractivity contribution < 1.29 is 22.7 Å². The summed E-state index contributed by atoms with van der Waals surface area (Å²) in [6.07, 6.45) is -1.36. The molecule has 1 amide bonds. The zero-order valence-corrected chi connectivity index (χ0v) is 18.4. The normalized spacial score (nSPS) is 12.6. The number of hydrogen-bond acceptors (Lipinski definition) is 4. The van der Waals surface area contributed by atoms with Crippen LogP contribution in [0.4, 0.5) is 13.2 Å². The van der Waals surface area contributed by atoms with Gasteiger partial charge in [0.2, 0.25) is 0 Å². The summed E-state index contributed by atoms with van der Waals surface area (Å²) in [4.78, 5) is 24.7. The standard InChI is InChI=1S/C26H19F3N4O2/c1-15(20-5-3-6-21-24(20)32-14-31-21)33-25(34)17-12-16-4-2-7-22(23(16)30-13-17)35-19-10-8-18(9-11-19)26(27,28)29/h2-15H,1H3,(H,31,32)(H,33,34)/t15-/m0/s1. The first-order valence-electron chi connectivity index (χ1n) is 10.8. The van der Waals surface area contributed by atoms with Crippen LogP contribution < -0.4 is 10.1 Å². The van der Waals surface area contributed by atoms with E-state index < -0.39 is 11.7 Å². The van der Waals surface area contributed by atoms with Crippen molar-refractivity contribution >= 4 is 27.8 Å². The van der Waals surface area contributed by atoms with Crippen molar-refractivity contribution in [1.29, 1.82) is 0 Å². The molecule has 0 radical (unpaired) electrons. The van der Waals surface area contributed by atoms with E-state index >= 15 is 0 Å². The number of ether oxygens (including phenoxy) is 1. The SMILES string of the molecule is C[C@H](NC(=O)c1cnc2c(Oc3ccc(C(F)(F)F)cc3)cccc2c1)c1cccc2[nH]cnc12. The van der Waals surface area contributed by atoms with Gasteiger partial charge in [-0.05, 0) is 49.4 Å². The highest BCUT2D eigenvalue weighted by Gasteiger charge is 2.30. The number of H-pyrrole nitrogens is 1. The molecule has 0 aliphatic heterocycles. The highest BCUT2D eigenvalue weighted by molar-refractivity contribution is 5.98. The lowest BCUT2D eigenvalue weighted by molar-refractivity contribution is -0.137. The van der Waals surface area contributed by atoms with Crippen LogP contribution in [-0.2, 0) is 6.18 Å². The third-order valence-corrected chi connectivity index (χ3v) is 5.64. The molecule has 0 bridgehead atoms. The van der Waals surface area contributed by atoms with Gasteiger partial charge in [-0.25, -0.2) is 4.98 Å². The van der Waals surface area contributed by atoms with Gasteiger partial charge in [-0.15, -0.1) is 0 Å². The first-order chi connectivity index (χ1) is 16.8. The number of carbonyl (C=O) groups is 1. The number of para-hydroxylation sites is 2. The summed E-state index contributed by atoms with van der Waals surface area (Å²) in [5.41, 5.74) is 2.66. The molecule has 5 rings (SSSR count). The minimum Gasteiger partial charge on any atom is -0.455 e. The molecule has 0 spiro atoms. The van der Waals surface area contributed by atoms with Gasteiger partial charge in [0.1, 0.15) is 11.3 Å². The van der Waals surface area contributed by atoms with Crippen molar-refractivity contribution in [1.82, 2.24) is 20.3 Å². The number of aromatic amines is 1. The molecule has 0 saturated carbocycles. The van der Waals surface area contributed by atoms with Crippen LogP contribution in [0.5, 0.6) is 11.5 Å². The van der Waals surface area contributed by atoms with Gasteiger partial charge in [0.15, 0.2) is 5.75 Å². The number of amides is 1. The minimum absolute atomic E-state index is 0.246. The maximum absolute atomic E-state index is 12.9. The summed E-state index contributed by atoms with van der Waals surface area (Å²) in [6, 6.07) is 16.7. The second-order valence-electron chi connectivity index (χ2n) is 8.02. The number of alkyl halides is 3. The fourth-order valence-corrected chi connectivity index (χ4v) is 3.87. The Morgan fingerprint density at radius 1 is 1.00 bits per heavy atom. The van der Waals surface area contributed by atoms with E-state index in [-0.39, 0.29) is 17.7 Å². The first kappa shape index (κ1) is 22.4. The Hall–Kier alpha value is -4.40. The van der Waals surface area contributed by atoms with Crippen LogP contribution in [0.2, 0.25) is 0 Å². The van der Waals surface area contributed by atoms with Crippen LogP contribution >= 0.6 is 0 Å². The van der Waals surface area contributed by atoms with Gasteiger partial charge in [-0.1, -0.05) is 24.3 Å². The molecular formula is C26H19F3N4O2. The lowest BCUT2D eigenvalue weighted by atomic mass is 10.1. The number of aromatic nitrogens is 3. The molecule has 176 valence electrons. The number of hydrogen-bond donors (Lipinski definition) is 2. The summed E-state index contributed by atoms with van der Waals surface area (Å²) < 4.78 is 44.2. The van der Waals surface area contributed by atoms with E-state index in [2.05, 4.69) is 20.3 Å². The molecule has 0 saturated heterocycles. The molecule has 2 aromatic heterocycles. The molecule has 0 unspecified atom stereocenters. The molecule has 0 aliphatic carbocycles. The number of rotatable bonds is 5. The van der Waals surface area contributed by atoms with Crippen LogP contribution in [0.25, 0.3) is 21.9 Å². The second kappa shape index (κ2) is 8.75. The van der Waals surface area contributed by atoms with E-state index in [1.54, 1.807) is 30.6 Å². The zero-order valence-electron chi connectivity index (χ0n) is 18.4. The van der Waals surface area contributed by atoms with E-state index in [1.165, 1.54) is 18.3 Å². The van der Waals surface area contributed by atoms with Gasteiger partial charge in [0.05, 0.1) is 34.5 Å². The van der Waals surface area contributed by atoms with Gasteiger partial charge in [0.25, 0.3) is 5.91 Å². The fraction of sp³-hybridized carbons (Fsp3) is 0.115. The number of carbonyl (C=O) groups excluding carboxylic acids is 1. The van der Waals surface area contributed by atoms with Crippen molar-refractivity contribution in [2.45, 2.75) is 19.1 Å². The summed E-state index contributed by atoms with van der Waals surface area (Å²) in [5.74, 6) is 0.316. The molecule has 9 heteroatoms.